The van der Waals surface area contributed by atoms with Crippen LogP contribution in [-0.2, 0) is 0 Å². The van der Waals surface area contributed by atoms with Gasteiger partial charge in [-0.25, -0.2) is 0 Å². The lowest BCUT2D eigenvalue weighted by molar-refractivity contribution is 0.464. The fourth-order valence-electron chi connectivity index (χ4n) is 7.73. The molecule has 4 heterocycles. The highest BCUT2D eigenvalue weighted by Crippen LogP contribution is 2.40. The van der Waals surface area contributed by atoms with Crippen molar-refractivity contribution in [3.63, 3.8) is 0 Å². The van der Waals surface area contributed by atoms with Crippen molar-refractivity contribution in [1.29, 1.82) is 0 Å². The van der Waals surface area contributed by atoms with Crippen LogP contribution in [0.3, 0.4) is 0 Å². The van der Waals surface area contributed by atoms with Gasteiger partial charge in [0.25, 0.3) is 6.71 Å². The summed E-state index contributed by atoms with van der Waals surface area (Å²) in [5, 5.41) is 2.52. The van der Waals surface area contributed by atoms with Gasteiger partial charge < -0.3 is 9.47 Å². The topological polar surface area (TPSA) is 18.5 Å². The molecule has 0 unspecified atom stereocenters. The molecule has 0 spiro atoms. The van der Waals surface area contributed by atoms with Gasteiger partial charge in [0.2, 0.25) is 0 Å². The van der Waals surface area contributed by atoms with E-state index in [1.807, 2.05) is 28.7 Å². The summed E-state index contributed by atoms with van der Waals surface area (Å²) in [6.07, 6.45) is 0. The van der Waals surface area contributed by atoms with Gasteiger partial charge in [-0.05, 0) is 116 Å². The summed E-state index contributed by atoms with van der Waals surface area (Å²) in [6, 6.07) is 59.0. The Hall–Kier alpha value is -5.88. The summed E-state index contributed by atoms with van der Waals surface area (Å²) < 4.78 is 15.7. The summed E-state index contributed by atoms with van der Waals surface area (Å²) in [6.45, 7) is -0.0206. The SMILES string of the molecule is c1ccc(-c2cc3cc(-c4ccc5c(c4)B4c6cc(-c7ccc8sc(-c9ccccc9)cc8c7)ccc6Oc6cccc(c64)O5)ccc3s2)cc1. The van der Waals surface area contributed by atoms with Gasteiger partial charge in [0.15, 0.2) is 0 Å². The average Bonchev–Trinajstić information content (AvgIpc) is 3.82. The molecule has 0 aliphatic carbocycles. The molecular weight excluding hydrogens is 659 g/mol. The summed E-state index contributed by atoms with van der Waals surface area (Å²) in [7, 11) is 0. The molecule has 11 rings (SSSR count). The van der Waals surface area contributed by atoms with Gasteiger partial charge in [0.05, 0.1) is 0 Å². The van der Waals surface area contributed by atoms with Crippen LogP contribution in [0.4, 0.5) is 0 Å². The molecule has 0 bridgehead atoms. The third-order valence-corrected chi connectivity index (χ3v) is 12.5. The molecule has 5 heteroatoms. The number of fused-ring (bicyclic) bond motifs is 6. The van der Waals surface area contributed by atoms with E-state index in [1.165, 1.54) is 63.3 Å². The second-order valence-electron chi connectivity index (χ2n) is 13.3. The quantitative estimate of drug-likeness (QED) is 0.172. The Labute approximate surface area is 303 Å². The van der Waals surface area contributed by atoms with Crippen LogP contribution in [0, 0.1) is 0 Å². The van der Waals surface area contributed by atoms with Gasteiger partial charge in [-0.15, -0.1) is 22.7 Å². The van der Waals surface area contributed by atoms with Crippen LogP contribution in [0.5, 0.6) is 23.0 Å². The highest BCUT2D eigenvalue weighted by Gasteiger charge is 2.40. The standard InChI is InChI=1S/C46H27BO2S2/c1-3-8-28(9-4-1)44-26-34-22-30(16-20-42(34)50-44)32-14-18-38-36(24-32)47-37-25-33(15-19-39(37)49-41-13-7-12-40(48-38)46(41)47)31-17-21-43-35(23-31)27-45(51-43)29-10-5-2-6-11-29/h1-27H. The van der Waals surface area contributed by atoms with Crippen molar-refractivity contribution in [3.8, 4) is 66.1 Å². The average molecular weight is 687 g/mol. The van der Waals surface area contributed by atoms with Gasteiger partial charge >= 0.3 is 0 Å². The number of hydrogen-bond acceptors (Lipinski definition) is 4. The van der Waals surface area contributed by atoms with E-state index >= 15 is 0 Å². The maximum absolute atomic E-state index is 6.58. The van der Waals surface area contributed by atoms with Gasteiger partial charge in [-0.3, -0.25) is 0 Å². The first-order valence-electron chi connectivity index (χ1n) is 17.2. The molecule has 0 saturated carbocycles. The molecule has 2 aliphatic heterocycles. The second-order valence-corrected chi connectivity index (χ2v) is 15.4. The Bertz CT molecular complexity index is 2630. The normalized spacial score (nSPS) is 12.6. The molecule has 0 atom stereocenters. The van der Waals surface area contributed by atoms with Crippen LogP contribution in [0.2, 0.25) is 0 Å². The lowest BCUT2D eigenvalue weighted by Crippen LogP contribution is -2.57. The molecule has 9 aromatic rings. The summed E-state index contributed by atoms with van der Waals surface area (Å²) in [5.74, 6) is 3.50. The predicted molar refractivity (Wildman–Crippen MR) is 217 cm³/mol. The van der Waals surface area contributed by atoms with Gasteiger partial charge in [-0.1, -0.05) is 103 Å². The van der Waals surface area contributed by atoms with Crippen LogP contribution in [0.15, 0.2) is 164 Å². The minimum atomic E-state index is -0.0206. The third-order valence-electron chi connectivity index (χ3n) is 10.2. The third kappa shape index (κ3) is 4.77. The zero-order valence-electron chi connectivity index (χ0n) is 27.3. The smallest absolute Gasteiger partial charge is 0.260 e. The highest BCUT2D eigenvalue weighted by atomic mass is 32.1. The minimum Gasteiger partial charge on any atom is -0.458 e. The summed E-state index contributed by atoms with van der Waals surface area (Å²) in [4.78, 5) is 2.57. The van der Waals surface area contributed by atoms with E-state index in [-0.39, 0.29) is 6.71 Å². The van der Waals surface area contributed by atoms with E-state index in [0.717, 1.165) is 39.4 Å². The van der Waals surface area contributed by atoms with E-state index in [2.05, 4.69) is 158 Å². The van der Waals surface area contributed by atoms with Gasteiger partial charge in [0, 0.05) is 24.6 Å². The van der Waals surface area contributed by atoms with E-state index in [0.29, 0.717) is 0 Å². The first-order valence-corrected chi connectivity index (χ1v) is 18.8. The maximum Gasteiger partial charge on any atom is 0.260 e. The van der Waals surface area contributed by atoms with Crippen molar-refractivity contribution in [2.24, 2.45) is 0 Å². The molecule has 0 amide bonds. The Kier molecular flexibility index (Phi) is 6.42. The second kappa shape index (κ2) is 11.3. The molecule has 2 aromatic heterocycles. The highest BCUT2D eigenvalue weighted by molar-refractivity contribution is 7.22. The molecule has 238 valence electrons. The molecular formula is C46H27BO2S2. The van der Waals surface area contributed by atoms with Crippen molar-refractivity contribution in [3.05, 3.63) is 164 Å². The van der Waals surface area contributed by atoms with Crippen LogP contribution >= 0.6 is 22.7 Å². The van der Waals surface area contributed by atoms with Crippen molar-refractivity contribution >= 4 is 65.9 Å². The molecule has 2 nitrogen and oxygen atoms in total. The summed E-state index contributed by atoms with van der Waals surface area (Å²) >= 11 is 3.68. The number of hydrogen-bond donors (Lipinski definition) is 0. The van der Waals surface area contributed by atoms with Crippen molar-refractivity contribution < 1.29 is 9.47 Å². The van der Waals surface area contributed by atoms with Crippen LogP contribution in [-0.4, -0.2) is 6.71 Å². The largest absolute Gasteiger partial charge is 0.458 e. The van der Waals surface area contributed by atoms with E-state index in [1.54, 1.807) is 0 Å². The first-order chi connectivity index (χ1) is 25.2. The molecule has 0 radical (unpaired) electrons. The zero-order valence-corrected chi connectivity index (χ0v) is 28.9. The predicted octanol–water partition coefficient (Wildman–Crippen LogP) is 11.5. The molecule has 0 fully saturated rings. The van der Waals surface area contributed by atoms with Crippen LogP contribution < -0.4 is 25.9 Å². The minimum absolute atomic E-state index is 0.0206. The summed E-state index contributed by atoms with van der Waals surface area (Å²) in [5.41, 5.74) is 10.7. The number of rotatable bonds is 4. The Morgan fingerprint density at radius 2 is 0.804 bits per heavy atom. The molecule has 7 aromatic carbocycles. The van der Waals surface area contributed by atoms with Gasteiger partial charge in [0.1, 0.15) is 23.0 Å². The molecule has 0 N–H and O–H groups in total. The Morgan fingerprint density at radius 3 is 1.29 bits per heavy atom. The van der Waals surface area contributed by atoms with Crippen molar-refractivity contribution in [2.45, 2.75) is 0 Å². The zero-order chi connectivity index (χ0) is 33.5. The number of benzene rings is 7. The Balaban J connectivity index is 1.01. The lowest BCUT2D eigenvalue weighted by Gasteiger charge is -2.33. The molecule has 51 heavy (non-hydrogen) atoms. The molecule has 0 saturated heterocycles. The monoisotopic (exact) mass is 686 g/mol. The van der Waals surface area contributed by atoms with Crippen molar-refractivity contribution in [1.82, 2.24) is 0 Å². The number of thiophene rings is 2. The van der Waals surface area contributed by atoms with Gasteiger partial charge in [-0.2, -0.15) is 0 Å². The Morgan fingerprint density at radius 1 is 0.353 bits per heavy atom. The van der Waals surface area contributed by atoms with E-state index in [9.17, 15) is 0 Å². The lowest BCUT2D eigenvalue weighted by atomic mass is 9.34. The van der Waals surface area contributed by atoms with Crippen molar-refractivity contribution in [2.75, 3.05) is 0 Å². The van der Waals surface area contributed by atoms with Crippen LogP contribution in [0.1, 0.15) is 0 Å². The van der Waals surface area contributed by atoms with Crippen LogP contribution in [0.25, 0.3) is 63.3 Å². The number of ether oxygens (including phenoxy) is 2. The first kappa shape index (κ1) is 28.9. The fourth-order valence-corrected chi connectivity index (χ4v) is 9.83. The fraction of sp³-hybridized carbons (Fsp3) is 0. The maximum atomic E-state index is 6.58. The van der Waals surface area contributed by atoms with E-state index in [4.69, 9.17) is 9.47 Å². The molecule has 2 aliphatic rings. The van der Waals surface area contributed by atoms with E-state index < -0.39 is 0 Å².